The van der Waals surface area contributed by atoms with E-state index in [1.54, 1.807) is 9.08 Å². The highest BCUT2D eigenvalue weighted by Gasteiger charge is 2.15. The zero-order valence-electron chi connectivity index (χ0n) is 15.9. The standard InChI is InChI=1S/C20H22FN7/c1-13-11-28-12-14(9-17(21)20(28)23-13)24-19-16-4-3-15(10-18(16)25-26(19)2)27-7-5-22-6-8-27/h3-4,9-12,22,24H,5-8H2,1-2H3. The SMILES string of the molecule is Cc1cn2cc(Nc3c4ccc(N5CCNCC5)cc4nn3C)cc(F)c2n1. The number of rotatable bonds is 3. The first-order valence-corrected chi connectivity index (χ1v) is 9.43. The summed E-state index contributed by atoms with van der Waals surface area (Å²) in [5.41, 5.74) is 3.86. The maximum absolute atomic E-state index is 14.4. The molecule has 0 radical (unpaired) electrons. The van der Waals surface area contributed by atoms with Gasteiger partial charge in [-0.3, -0.25) is 4.68 Å². The molecule has 4 aromatic rings. The average molecular weight is 379 g/mol. The molecular formula is C20H22FN7. The Balaban J connectivity index is 1.51. The number of aryl methyl sites for hydroxylation is 2. The molecule has 0 saturated carbocycles. The molecule has 0 spiro atoms. The number of anilines is 3. The normalized spacial score (nSPS) is 14.9. The molecular weight excluding hydrogens is 357 g/mol. The number of nitrogens with one attached hydrogen (secondary N) is 2. The number of hydrogen-bond donors (Lipinski definition) is 2. The van der Waals surface area contributed by atoms with Crippen LogP contribution in [0.5, 0.6) is 0 Å². The lowest BCUT2D eigenvalue weighted by atomic mass is 10.2. The van der Waals surface area contributed by atoms with E-state index in [1.807, 2.05) is 26.4 Å². The van der Waals surface area contributed by atoms with Gasteiger partial charge >= 0.3 is 0 Å². The monoisotopic (exact) mass is 379 g/mol. The van der Waals surface area contributed by atoms with Crippen molar-refractivity contribution >= 4 is 33.7 Å². The highest BCUT2D eigenvalue weighted by atomic mass is 19.1. The van der Waals surface area contributed by atoms with E-state index >= 15 is 0 Å². The van der Waals surface area contributed by atoms with Crippen molar-refractivity contribution < 1.29 is 4.39 Å². The number of piperazine rings is 1. The Morgan fingerprint density at radius 2 is 1.96 bits per heavy atom. The predicted octanol–water partition coefficient (Wildman–Crippen LogP) is 2.82. The summed E-state index contributed by atoms with van der Waals surface area (Å²) in [6.45, 7) is 5.83. The molecule has 4 heterocycles. The third-order valence-corrected chi connectivity index (χ3v) is 5.19. The Kier molecular flexibility index (Phi) is 3.94. The van der Waals surface area contributed by atoms with Gasteiger partial charge < -0.3 is 19.9 Å². The van der Waals surface area contributed by atoms with E-state index in [1.165, 1.54) is 11.8 Å². The molecule has 144 valence electrons. The minimum Gasteiger partial charge on any atom is -0.369 e. The van der Waals surface area contributed by atoms with E-state index in [0.717, 1.165) is 48.6 Å². The van der Waals surface area contributed by atoms with Gasteiger partial charge in [0.2, 0.25) is 0 Å². The molecule has 2 N–H and O–H groups in total. The second kappa shape index (κ2) is 6.49. The van der Waals surface area contributed by atoms with Crippen LogP contribution < -0.4 is 15.5 Å². The van der Waals surface area contributed by atoms with Crippen molar-refractivity contribution in [1.82, 2.24) is 24.5 Å². The molecule has 1 saturated heterocycles. The van der Waals surface area contributed by atoms with Crippen LogP contribution in [0.2, 0.25) is 0 Å². The molecule has 1 aliphatic rings. The summed E-state index contributed by atoms with van der Waals surface area (Å²) in [4.78, 5) is 6.57. The van der Waals surface area contributed by atoms with Crippen molar-refractivity contribution in [1.29, 1.82) is 0 Å². The molecule has 28 heavy (non-hydrogen) atoms. The van der Waals surface area contributed by atoms with Gasteiger partial charge in [-0.25, -0.2) is 9.37 Å². The molecule has 0 aliphatic carbocycles. The second-order valence-electron chi connectivity index (χ2n) is 7.23. The van der Waals surface area contributed by atoms with Gasteiger partial charge in [-0.15, -0.1) is 0 Å². The van der Waals surface area contributed by atoms with Crippen molar-refractivity contribution in [2.75, 3.05) is 36.4 Å². The van der Waals surface area contributed by atoms with Crippen molar-refractivity contribution in [3.63, 3.8) is 0 Å². The van der Waals surface area contributed by atoms with E-state index < -0.39 is 0 Å². The Morgan fingerprint density at radius 3 is 2.79 bits per heavy atom. The summed E-state index contributed by atoms with van der Waals surface area (Å²) < 4.78 is 17.9. The Labute approximate surface area is 161 Å². The van der Waals surface area contributed by atoms with Crippen LogP contribution >= 0.6 is 0 Å². The second-order valence-corrected chi connectivity index (χ2v) is 7.23. The number of fused-ring (bicyclic) bond motifs is 2. The summed E-state index contributed by atoms with van der Waals surface area (Å²) in [6.07, 6.45) is 3.65. The smallest absolute Gasteiger partial charge is 0.173 e. The van der Waals surface area contributed by atoms with E-state index in [2.05, 4.69) is 43.8 Å². The van der Waals surface area contributed by atoms with Crippen molar-refractivity contribution in [2.24, 2.45) is 7.05 Å². The molecule has 3 aromatic heterocycles. The molecule has 5 rings (SSSR count). The van der Waals surface area contributed by atoms with Gasteiger partial charge in [-0.2, -0.15) is 5.10 Å². The van der Waals surface area contributed by atoms with Crippen LogP contribution in [-0.2, 0) is 7.05 Å². The number of hydrogen-bond acceptors (Lipinski definition) is 5. The lowest BCUT2D eigenvalue weighted by molar-refractivity contribution is 0.589. The summed E-state index contributed by atoms with van der Waals surface area (Å²) in [6, 6.07) is 7.80. The molecule has 7 nitrogen and oxygen atoms in total. The lowest BCUT2D eigenvalue weighted by Gasteiger charge is -2.29. The summed E-state index contributed by atoms with van der Waals surface area (Å²) in [5.74, 6) is 0.475. The number of pyridine rings is 1. The van der Waals surface area contributed by atoms with E-state index in [9.17, 15) is 4.39 Å². The van der Waals surface area contributed by atoms with Crippen LogP contribution in [0.4, 0.5) is 21.6 Å². The third-order valence-electron chi connectivity index (χ3n) is 5.19. The fourth-order valence-electron chi connectivity index (χ4n) is 3.84. The van der Waals surface area contributed by atoms with Gasteiger partial charge in [0.05, 0.1) is 16.9 Å². The highest BCUT2D eigenvalue weighted by molar-refractivity contribution is 5.93. The van der Waals surface area contributed by atoms with Gasteiger partial charge in [-0.1, -0.05) is 0 Å². The first kappa shape index (κ1) is 17.0. The molecule has 0 atom stereocenters. The number of nitrogens with zero attached hydrogens (tertiary/aromatic N) is 5. The van der Waals surface area contributed by atoms with Gasteiger partial charge in [-0.05, 0) is 25.1 Å². The predicted molar refractivity (Wildman–Crippen MR) is 109 cm³/mol. The average Bonchev–Trinajstić information content (AvgIpc) is 3.21. The zero-order chi connectivity index (χ0) is 19.3. The largest absolute Gasteiger partial charge is 0.369 e. The van der Waals surface area contributed by atoms with Crippen LogP contribution in [0.25, 0.3) is 16.6 Å². The zero-order valence-corrected chi connectivity index (χ0v) is 15.9. The lowest BCUT2D eigenvalue weighted by Crippen LogP contribution is -2.43. The Hall–Kier alpha value is -3.13. The summed E-state index contributed by atoms with van der Waals surface area (Å²) in [5, 5.41) is 12.4. The molecule has 1 fully saturated rings. The van der Waals surface area contributed by atoms with Gasteiger partial charge in [0.15, 0.2) is 11.5 Å². The van der Waals surface area contributed by atoms with E-state index in [4.69, 9.17) is 0 Å². The van der Waals surface area contributed by atoms with Crippen LogP contribution in [0.3, 0.4) is 0 Å². The minimum absolute atomic E-state index is 0.332. The van der Waals surface area contributed by atoms with Crippen molar-refractivity contribution in [3.05, 3.63) is 48.2 Å². The Bertz CT molecular complexity index is 1170. The van der Waals surface area contributed by atoms with Gasteiger partial charge in [0.1, 0.15) is 5.82 Å². The molecule has 8 heteroatoms. The van der Waals surface area contributed by atoms with Crippen LogP contribution in [-0.4, -0.2) is 45.3 Å². The first-order valence-electron chi connectivity index (χ1n) is 9.43. The van der Waals surface area contributed by atoms with E-state index in [-0.39, 0.29) is 5.82 Å². The highest BCUT2D eigenvalue weighted by Crippen LogP contribution is 2.30. The maximum Gasteiger partial charge on any atom is 0.173 e. The molecule has 0 amide bonds. The van der Waals surface area contributed by atoms with Crippen molar-refractivity contribution in [3.8, 4) is 0 Å². The maximum atomic E-state index is 14.4. The van der Waals surface area contributed by atoms with Crippen molar-refractivity contribution in [2.45, 2.75) is 6.92 Å². The Morgan fingerprint density at radius 1 is 1.14 bits per heavy atom. The number of halogens is 1. The molecule has 0 unspecified atom stereocenters. The summed E-state index contributed by atoms with van der Waals surface area (Å²) in [7, 11) is 1.89. The van der Waals surface area contributed by atoms with E-state index in [0.29, 0.717) is 11.3 Å². The number of aromatic nitrogens is 4. The minimum atomic E-state index is -0.356. The third kappa shape index (κ3) is 2.86. The summed E-state index contributed by atoms with van der Waals surface area (Å²) >= 11 is 0. The quantitative estimate of drug-likeness (QED) is 0.573. The first-order chi connectivity index (χ1) is 13.6. The number of benzene rings is 1. The molecule has 0 bridgehead atoms. The van der Waals surface area contributed by atoms with Crippen LogP contribution in [0.15, 0.2) is 36.7 Å². The fourth-order valence-corrected chi connectivity index (χ4v) is 3.84. The molecule has 1 aliphatic heterocycles. The molecule has 1 aromatic carbocycles. The van der Waals surface area contributed by atoms with Gasteiger partial charge in [0, 0.05) is 62.8 Å². The fraction of sp³-hybridized carbons (Fsp3) is 0.300. The number of imidazole rings is 1. The van der Waals surface area contributed by atoms with Crippen LogP contribution in [0, 0.1) is 12.7 Å². The topological polar surface area (TPSA) is 62.4 Å². The van der Waals surface area contributed by atoms with Gasteiger partial charge in [0.25, 0.3) is 0 Å². The van der Waals surface area contributed by atoms with Crippen LogP contribution in [0.1, 0.15) is 5.69 Å².